The Morgan fingerprint density at radius 1 is 1.05 bits per heavy atom. The second-order valence-corrected chi connectivity index (χ2v) is 5.17. The fourth-order valence-electron chi connectivity index (χ4n) is 2.16. The highest BCUT2D eigenvalue weighted by Crippen LogP contribution is 2.38. The minimum atomic E-state index is 0.595. The molecule has 0 aliphatic carbocycles. The molecule has 0 aliphatic rings. The van der Waals surface area contributed by atoms with Gasteiger partial charge in [0, 0.05) is 26.1 Å². The predicted octanol–water partition coefficient (Wildman–Crippen LogP) is 4.25. The lowest BCUT2D eigenvalue weighted by atomic mass is 10.0. The number of fused-ring (bicyclic) bond motifs is 1. The Labute approximate surface area is 114 Å². The molecule has 0 aliphatic heterocycles. The van der Waals surface area contributed by atoms with Gasteiger partial charge in [-0.05, 0) is 12.1 Å². The van der Waals surface area contributed by atoms with Gasteiger partial charge in [-0.15, -0.1) is 11.3 Å². The number of rotatable bonds is 2. The molecule has 3 heteroatoms. The number of nitriles is 1. The van der Waals surface area contributed by atoms with Crippen LogP contribution >= 0.6 is 11.3 Å². The van der Waals surface area contributed by atoms with Gasteiger partial charge in [0.25, 0.3) is 0 Å². The van der Waals surface area contributed by atoms with Gasteiger partial charge < -0.3 is 0 Å². The Bertz CT molecular complexity index is 811. The van der Waals surface area contributed by atoms with E-state index in [2.05, 4.69) is 6.07 Å². The first-order chi connectivity index (χ1) is 9.35. The van der Waals surface area contributed by atoms with E-state index in [1.165, 1.54) is 0 Å². The number of carbonyl (C=O) groups is 1. The second-order valence-electron chi connectivity index (χ2n) is 4.12. The van der Waals surface area contributed by atoms with Gasteiger partial charge in [-0.25, -0.2) is 0 Å². The third kappa shape index (κ3) is 1.83. The normalized spacial score (nSPS) is 10.3. The summed E-state index contributed by atoms with van der Waals surface area (Å²) in [6.45, 7) is 0. The second kappa shape index (κ2) is 4.68. The highest BCUT2D eigenvalue weighted by atomic mass is 32.1. The molecular weight excluding hydrogens is 254 g/mol. The Morgan fingerprint density at radius 2 is 1.79 bits per heavy atom. The number of nitrogens with zero attached hydrogens (tertiary/aromatic N) is 1. The van der Waals surface area contributed by atoms with Crippen LogP contribution in [0.2, 0.25) is 0 Å². The maximum Gasteiger partial charge on any atom is 0.152 e. The van der Waals surface area contributed by atoms with Crippen molar-refractivity contribution < 1.29 is 4.79 Å². The van der Waals surface area contributed by atoms with Crippen LogP contribution < -0.4 is 0 Å². The first-order valence-electron chi connectivity index (χ1n) is 5.81. The number of hydrogen-bond acceptors (Lipinski definition) is 3. The monoisotopic (exact) mass is 263 g/mol. The van der Waals surface area contributed by atoms with Crippen molar-refractivity contribution in [3.63, 3.8) is 0 Å². The lowest BCUT2D eigenvalue weighted by Gasteiger charge is -2.01. The molecule has 0 spiro atoms. The van der Waals surface area contributed by atoms with Crippen LogP contribution in [-0.2, 0) is 0 Å². The standard InChI is InChI=1S/C16H9NOS/c17-9-11-5-1-2-6-12(11)16-14(10-18)13-7-3-4-8-15(13)19-16/h1-8,10H. The molecule has 19 heavy (non-hydrogen) atoms. The van der Waals surface area contributed by atoms with E-state index in [4.69, 9.17) is 0 Å². The molecule has 3 aromatic rings. The summed E-state index contributed by atoms with van der Waals surface area (Å²) in [5, 5.41) is 10.1. The maximum absolute atomic E-state index is 11.4. The Kier molecular flexibility index (Phi) is 2.86. The van der Waals surface area contributed by atoms with Crippen LogP contribution in [0.15, 0.2) is 48.5 Å². The first kappa shape index (κ1) is 11.6. The van der Waals surface area contributed by atoms with E-state index in [1.807, 2.05) is 42.5 Å². The Balaban J connectivity index is 2.37. The van der Waals surface area contributed by atoms with E-state index < -0.39 is 0 Å². The van der Waals surface area contributed by atoms with E-state index >= 15 is 0 Å². The topological polar surface area (TPSA) is 40.9 Å². The van der Waals surface area contributed by atoms with E-state index in [1.54, 1.807) is 17.4 Å². The highest BCUT2D eigenvalue weighted by Gasteiger charge is 2.15. The fourth-order valence-corrected chi connectivity index (χ4v) is 3.37. The van der Waals surface area contributed by atoms with Gasteiger partial charge in [-0.2, -0.15) is 5.26 Å². The van der Waals surface area contributed by atoms with Crippen LogP contribution in [0.4, 0.5) is 0 Å². The summed E-state index contributed by atoms with van der Waals surface area (Å²) in [5.41, 5.74) is 2.09. The van der Waals surface area contributed by atoms with Crippen LogP contribution in [0.5, 0.6) is 0 Å². The van der Waals surface area contributed by atoms with Crippen molar-refractivity contribution in [3.05, 3.63) is 59.7 Å². The molecule has 90 valence electrons. The van der Waals surface area contributed by atoms with E-state index in [0.717, 1.165) is 26.8 Å². The van der Waals surface area contributed by atoms with Gasteiger partial charge in [-0.3, -0.25) is 4.79 Å². The molecule has 0 amide bonds. The molecular formula is C16H9NOS. The summed E-state index contributed by atoms with van der Waals surface area (Å²) in [6, 6.07) is 17.4. The first-order valence-corrected chi connectivity index (χ1v) is 6.63. The molecule has 0 bridgehead atoms. The van der Waals surface area contributed by atoms with Crippen LogP contribution in [0.3, 0.4) is 0 Å². The fraction of sp³-hybridized carbons (Fsp3) is 0. The van der Waals surface area contributed by atoms with Gasteiger partial charge in [0.15, 0.2) is 6.29 Å². The molecule has 0 saturated heterocycles. The van der Waals surface area contributed by atoms with Crippen molar-refractivity contribution in [1.82, 2.24) is 0 Å². The minimum absolute atomic E-state index is 0.595. The van der Waals surface area contributed by atoms with Crippen LogP contribution in [-0.4, -0.2) is 6.29 Å². The summed E-state index contributed by atoms with van der Waals surface area (Å²) >= 11 is 1.55. The Morgan fingerprint density at radius 3 is 2.58 bits per heavy atom. The van der Waals surface area contributed by atoms with Gasteiger partial charge in [0.1, 0.15) is 0 Å². The van der Waals surface area contributed by atoms with Crippen LogP contribution in [0.1, 0.15) is 15.9 Å². The summed E-state index contributed by atoms with van der Waals surface area (Å²) in [5.74, 6) is 0. The van der Waals surface area contributed by atoms with Crippen molar-refractivity contribution in [3.8, 4) is 16.5 Å². The number of aldehydes is 1. The number of thiophene rings is 1. The third-order valence-corrected chi connectivity index (χ3v) is 4.26. The lowest BCUT2D eigenvalue weighted by molar-refractivity contribution is 0.112. The molecule has 0 unspecified atom stereocenters. The quantitative estimate of drug-likeness (QED) is 0.648. The van der Waals surface area contributed by atoms with Gasteiger partial charge in [0.05, 0.1) is 11.6 Å². The molecule has 2 nitrogen and oxygen atoms in total. The summed E-state index contributed by atoms with van der Waals surface area (Å²) in [6.07, 6.45) is 0.877. The predicted molar refractivity (Wildman–Crippen MR) is 77.4 cm³/mol. The summed E-state index contributed by atoms with van der Waals surface area (Å²) < 4.78 is 1.06. The molecule has 0 fully saturated rings. The van der Waals surface area contributed by atoms with Crippen molar-refractivity contribution in [2.75, 3.05) is 0 Å². The van der Waals surface area contributed by atoms with E-state index in [9.17, 15) is 10.1 Å². The van der Waals surface area contributed by atoms with Crippen molar-refractivity contribution >= 4 is 27.7 Å². The zero-order chi connectivity index (χ0) is 13.2. The van der Waals surface area contributed by atoms with Gasteiger partial charge in [-0.1, -0.05) is 36.4 Å². The summed E-state index contributed by atoms with van der Waals surface area (Å²) in [4.78, 5) is 12.3. The lowest BCUT2D eigenvalue weighted by Crippen LogP contribution is -1.85. The van der Waals surface area contributed by atoms with Gasteiger partial charge in [0.2, 0.25) is 0 Å². The van der Waals surface area contributed by atoms with Crippen LogP contribution in [0.25, 0.3) is 20.5 Å². The summed E-state index contributed by atoms with van der Waals surface area (Å²) in [7, 11) is 0. The molecule has 2 aromatic carbocycles. The minimum Gasteiger partial charge on any atom is -0.298 e. The smallest absolute Gasteiger partial charge is 0.152 e. The largest absolute Gasteiger partial charge is 0.298 e. The van der Waals surface area contributed by atoms with Crippen LogP contribution in [0, 0.1) is 11.3 Å². The molecule has 3 rings (SSSR count). The zero-order valence-corrected chi connectivity index (χ0v) is 10.8. The molecule has 1 aromatic heterocycles. The van der Waals surface area contributed by atoms with Crippen molar-refractivity contribution in [2.45, 2.75) is 0 Å². The number of hydrogen-bond donors (Lipinski definition) is 0. The third-order valence-electron chi connectivity index (χ3n) is 3.04. The maximum atomic E-state index is 11.4. The number of carbonyl (C=O) groups excluding carboxylic acids is 1. The molecule has 0 saturated carbocycles. The molecule has 0 atom stereocenters. The van der Waals surface area contributed by atoms with E-state index in [-0.39, 0.29) is 0 Å². The SMILES string of the molecule is N#Cc1ccccc1-c1sc2ccccc2c1C=O. The highest BCUT2D eigenvalue weighted by molar-refractivity contribution is 7.22. The average molecular weight is 263 g/mol. The molecule has 0 N–H and O–H groups in total. The van der Waals surface area contributed by atoms with Gasteiger partial charge >= 0.3 is 0 Å². The number of benzene rings is 2. The molecule has 0 radical (unpaired) electrons. The molecule has 1 heterocycles. The zero-order valence-electron chi connectivity index (χ0n) is 9.96. The van der Waals surface area contributed by atoms with Crippen molar-refractivity contribution in [1.29, 1.82) is 5.26 Å². The Hall–Kier alpha value is -2.44. The average Bonchev–Trinajstić information content (AvgIpc) is 2.85. The van der Waals surface area contributed by atoms with Crippen molar-refractivity contribution in [2.24, 2.45) is 0 Å². The van der Waals surface area contributed by atoms with E-state index in [0.29, 0.717) is 11.1 Å².